The Morgan fingerprint density at radius 3 is 2.59 bits per heavy atom. The first-order valence-electron chi connectivity index (χ1n) is 9.74. The lowest BCUT2D eigenvalue weighted by Gasteiger charge is -2.31. The van der Waals surface area contributed by atoms with Gasteiger partial charge in [0.25, 0.3) is 5.91 Å². The van der Waals surface area contributed by atoms with Gasteiger partial charge in [-0.15, -0.1) is 0 Å². The summed E-state index contributed by atoms with van der Waals surface area (Å²) < 4.78 is 5.30. The Bertz CT molecular complexity index is 1040. The standard InChI is InChI=1S/C23H23N3O3/c1-29-20-10-3-2-8-18(20)23(28)26-14-11-17(12-15-26)22(27)25-19-9-4-6-16-7-5-13-24-21(16)19/h2-10,13,17H,11-12,14-15H2,1H3,(H,25,27). The molecular formula is C23H23N3O3. The molecule has 4 rings (SSSR count). The van der Waals surface area contributed by atoms with Crippen molar-refractivity contribution in [2.24, 2.45) is 5.92 Å². The third-order valence-corrected chi connectivity index (χ3v) is 5.38. The highest BCUT2D eigenvalue weighted by molar-refractivity contribution is 6.01. The van der Waals surface area contributed by atoms with Crippen molar-refractivity contribution in [3.63, 3.8) is 0 Å². The molecule has 3 aromatic rings. The highest BCUT2D eigenvalue weighted by Gasteiger charge is 2.29. The summed E-state index contributed by atoms with van der Waals surface area (Å²) in [4.78, 5) is 31.8. The highest BCUT2D eigenvalue weighted by Crippen LogP contribution is 2.26. The number of methoxy groups -OCH3 is 1. The number of para-hydroxylation sites is 2. The molecule has 0 bridgehead atoms. The average Bonchev–Trinajstić information content (AvgIpc) is 2.79. The fraction of sp³-hybridized carbons (Fsp3) is 0.261. The van der Waals surface area contributed by atoms with Gasteiger partial charge in [0.05, 0.1) is 23.9 Å². The van der Waals surface area contributed by atoms with E-state index in [-0.39, 0.29) is 17.7 Å². The molecule has 0 radical (unpaired) electrons. The number of nitrogens with one attached hydrogen (secondary N) is 1. The van der Waals surface area contributed by atoms with Gasteiger partial charge in [-0.3, -0.25) is 14.6 Å². The molecule has 0 saturated carbocycles. The fourth-order valence-corrected chi connectivity index (χ4v) is 3.78. The molecule has 6 heteroatoms. The summed E-state index contributed by atoms with van der Waals surface area (Å²) in [5.41, 5.74) is 2.06. The second kappa shape index (κ2) is 8.31. The number of amides is 2. The van der Waals surface area contributed by atoms with E-state index < -0.39 is 0 Å². The first-order chi connectivity index (χ1) is 14.2. The van der Waals surface area contributed by atoms with Crippen LogP contribution in [-0.2, 0) is 4.79 Å². The van der Waals surface area contributed by atoms with Crippen LogP contribution in [0.2, 0.25) is 0 Å². The van der Waals surface area contributed by atoms with Gasteiger partial charge < -0.3 is 15.0 Å². The molecule has 1 N–H and O–H groups in total. The summed E-state index contributed by atoms with van der Waals surface area (Å²) in [6, 6.07) is 16.8. The summed E-state index contributed by atoms with van der Waals surface area (Å²) in [5, 5.41) is 4.01. The van der Waals surface area contributed by atoms with Crippen LogP contribution in [0.25, 0.3) is 10.9 Å². The predicted octanol–water partition coefficient (Wildman–Crippen LogP) is 3.73. The third kappa shape index (κ3) is 3.92. The fourth-order valence-electron chi connectivity index (χ4n) is 3.78. The van der Waals surface area contributed by atoms with Crippen LogP contribution in [-0.4, -0.2) is 41.9 Å². The number of aromatic nitrogens is 1. The molecule has 0 aliphatic carbocycles. The topological polar surface area (TPSA) is 71.5 Å². The van der Waals surface area contributed by atoms with Gasteiger partial charge in [0.1, 0.15) is 5.75 Å². The number of benzene rings is 2. The van der Waals surface area contributed by atoms with Gasteiger partial charge in [0, 0.05) is 30.6 Å². The molecule has 1 aromatic heterocycles. The number of piperidine rings is 1. The second-order valence-electron chi connectivity index (χ2n) is 7.14. The molecule has 29 heavy (non-hydrogen) atoms. The Hall–Kier alpha value is -3.41. The van der Waals surface area contributed by atoms with Crippen LogP contribution < -0.4 is 10.1 Å². The van der Waals surface area contributed by atoms with Crippen molar-refractivity contribution in [3.05, 3.63) is 66.4 Å². The molecule has 148 valence electrons. The van der Waals surface area contributed by atoms with Crippen molar-refractivity contribution in [2.75, 3.05) is 25.5 Å². The zero-order chi connectivity index (χ0) is 20.2. The predicted molar refractivity (Wildman–Crippen MR) is 112 cm³/mol. The highest BCUT2D eigenvalue weighted by atomic mass is 16.5. The van der Waals surface area contributed by atoms with Crippen molar-refractivity contribution in [3.8, 4) is 5.75 Å². The number of rotatable bonds is 4. The number of anilines is 1. The molecule has 0 atom stereocenters. The minimum absolute atomic E-state index is 0.0208. The smallest absolute Gasteiger partial charge is 0.257 e. The van der Waals surface area contributed by atoms with Gasteiger partial charge >= 0.3 is 0 Å². The largest absolute Gasteiger partial charge is 0.496 e. The van der Waals surface area contributed by atoms with Gasteiger partial charge in [0.2, 0.25) is 5.91 Å². The molecule has 1 aliphatic rings. The third-order valence-electron chi connectivity index (χ3n) is 5.38. The van der Waals surface area contributed by atoms with E-state index in [2.05, 4.69) is 10.3 Å². The van der Waals surface area contributed by atoms with Gasteiger partial charge in [0.15, 0.2) is 0 Å². The molecule has 1 saturated heterocycles. The number of hydrogen-bond donors (Lipinski definition) is 1. The van der Waals surface area contributed by atoms with E-state index in [1.807, 2.05) is 42.5 Å². The summed E-state index contributed by atoms with van der Waals surface area (Å²) in [7, 11) is 1.56. The minimum Gasteiger partial charge on any atom is -0.496 e. The van der Waals surface area contributed by atoms with Crippen molar-refractivity contribution < 1.29 is 14.3 Å². The van der Waals surface area contributed by atoms with Crippen LogP contribution in [0, 0.1) is 5.92 Å². The normalized spacial score (nSPS) is 14.6. The van der Waals surface area contributed by atoms with E-state index >= 15 is 0 Å². The number of carbonyl (C=O) groups excluding carboxylic acids is 2. The molecule has 0 unspecified atom stereocenters. The molecule has 2 aromatic carbocycles. The number of ether oxygens (including phenoxy) is 1. The van der Waals surface area contributed by atoms with Crippen LogP contribution in [0.4, 0.5) is 5.69 Å². The number of fused-ring (bicyclic) bond motifs is 1. The molecule has 1 aliphatic heterocycles. The maximum atomic E-state index is 12.8. The van der Waals surface area contributed by atoms with Gasteiger partial charge in [-0.05, 0) is 37.1 Å². The SMILES string of the molecule is COc1ccccc1C(=O)N1CCC(C(=O)Nc2cccc3cccnc23)CC1. The van der Waals surface area contributed by atoms with Crippen molar-refractivity contribution >= 4 is 28.4 Å². The van der Waals surface area contributed by atoms with E-state index in [1.165, 1.54) is 0 Å². The van der Waals surface area contributed by atoms with Crippen molar-refractivity contribution in [1.29, 1.82) is 0 Å². The average molecular weight is 389 g/mol. The monoisotopic (exact) mass is 389 g/mol. The Kier molecular flexibility index (Phi) is 5.42. The maximum absolute atomic E-state index is 12.8. The molecule has 0 spiro atoms. The van der Waals surface area contributed by atoms with Crippen LogP contribution >= 0.6 is 0 Å². The lowest BCUT2D eigenvalue weighted by Crippen LogP contribution is -2.41. The summed E-state index contributed by atoms with van der Waals surface area (Å²) in [5.74, 6) is 0.364. The van der Waals surface area contributed by atoms with Crippen molar-refractivity contribution in [1.82, 2.24) is 9.88 Å². The lowest BCUT2D eigenvalue weighted by atomic mass is 9.95. The number of hydrogen-bond acceptors (Lipinski definition) is 4. The zero-order valence-corrected chi connectivity index (χ0v) is 16.3. The number of likely N-dealkylation sites (tertiary alicyclic amines) is 1. The van der Waals surface area contributed by atoms with Crippen LogP contribution in [0.15, 0.2) is 60.8 Å². The number of pyridine rings is 1. The van der Waals surface area contributed by atoms with Gasteiger partial charge in [-0.1, -0.05) is 30.3 Å². The summed E-state index contributed by atoms with van der Waals surface area (Å²) >= 11 is 0. The first-order valence-corrected chi connectivity index (χ1v) is 9.74. The molecule has 2 heterocycles. The Labute approximate surface area is 169 Å². The van der Waals surface area contributed by atoms with E-state index in [4.69, 9.17) is 4.74 Å². The Morgan fingerprint density at radius 2 is 1.79 bits per heavy atom. The molecular weight excluding hydrogens is 366 g/mol. The summed E-state index contributed by atoms with van der Waals surface area (Å²) in [6.45, 7) is 1.09. The molecule has 2 amide bonds. The van der Waals surface area contributed by atoms with Crippen molar-refractivity contribution in [2.45, 2.75) is 12.8 Å². The zero-order valence-electron chi connectivity index (χ0n) is 16.3. The minimum atomic E-state index is -0.129. The van der Waals surface area contributed by atoms with Crippen LogP contribution in [0.1, 0.15) is 23.2 Å². The van der Waals surface area contributed by atoms with E-state index in [9.17, 15) is 9.59 Å². The van der Waals surface area contributed by atoms with Gasteiger partial charge in [-0.25, -0.2) is 0 Å². The maximum Gasteiger partial charge on any atom is 0.257 e. The second-order valence-corrected chi connectivity index (χ2v) is 7.14. The van der Waals surface area contributed by atoms with E-state index in [0.29, 0.717) is 37.2 Å². The first kappa shape index (κ1) is 18.9. The summed E-state index contributed by atoms with van der Waals surface area (Å²) in [6.07, 6.45) is 2.98. The van der Waals surface area contributed by atoms with Crippen LogP contribution in [0.3, 0.4) is 0 Å². The quantitative estimate of drug-likeness (QED) is 0.738. The van der Waals surface area contributed by atoms with Crippen LogP contribution in [0.5, 0.6) is 5.75 Å². The van der Waals surface area contributed by atoms with Gasteiger partial charge in [-0.2, -0.15) is 0 Å². The molecule has 1 fully saturated rings. The number of nitrogens with zero attached hydrogens (tertiary/aromatic N) is 2. The molecule has 6 nitrogen and oxygen atoms in total. The van der Waals surface area contributed by atoms with E-state index in [1.54, 1.807) is 30.3 Å². The van der Waals surface area contributed by atoms with E-state index in [0.717, 1.165) is 16.6 Å². The Balaban J connectivity index is 1.40. The number of carbonyl (C=O) groups is 2. The lowest BCUT2D eigenvalue weighted by molar-refractivity contribution is -0.121. The Morgan fingerprint density at radius 1 is 1.03 bits per heavy atom.